The molecule has 0 fully saturated rings. The molecule has 2 N–H and O–H groups in total. The molecule has 0 spiro atoms. The molecule has 1 heterocycles. The first kappa shape index (κ1) is 12.9. The second-order valence-corrected chi connectivity index (χ2v) is 4.74. The van der Waals surface area contributed by atoms with E-state index in [1.807, 2.05) is 30.5 Å². The van der Waals surface area contributed by atoms with E-state index in [9.17, 15) is 4.79 Å². The van der Waals surface area contributed by atoms with E-state index in [1.165, 1.54) is 0 Å². The highest BCUT2D eigenvalue weighted by Gasteiger charge is 2.10. The van der Waals surface area contributed by atoms with Crippen molar-refractivity contribution in [3.63, 3.8) is 0 Å². The molecule has 0 atom stereocenters. The summed E-state index contributed by atoms with van der Waals surface area (Å²) in [7, 11) is 0. The van der Waals surface area contributed by atoms with Crippen LogP contribution in [0.3, 0.4) is 0 Å². The third kappa shape index (κ3) is 2.63. The van der Waals surface area contributed by atoms with Crippen LogP contribution in [-0.4, -0.2) is 10.9 Å². The number of carbonyl (C=O) groups is 1. The molecular formula is C17H13N3O. The molecule has 102 valence electrons. The summed E-state index contributed by atoms with van der Waals surface area (Å²) < 4.78 is 0. The number of H-pyrrole nitrogens is 1. The maximum absolute atomic E-state index is 12.2. The molecule has 0 aliphatic rings. The van der Waals surface area contributed by atoms with E-state index in [2.05, 4.69) is 16.4 Å². The molecule has 0 aliphatic heterocycles. The van der Waals surface area contributed by atoms with Crippen LogP contribution < -0.4 is 5.32 Å². The number of amides is 1. The highest BCUT2D eigenvalue weighted by atomic mass is 16.1. The second-order valence-electron chi connectivity index (χ2n) is 4.74. The fourth-order valence-corrected chi connectivity index (χ4v) is 2.33. The number of para-hydroxylation sites is 2. The minimum atomic E-state index is -0.137. The predicted molar refractivity (Wildman–Crippen MR) is 81.8 cm³/mol. The number of aromatic nitrogens is 1. The Kier molecular flexibility index (Phi) is 3.40. The molecule has 1 aromatic heterocycles. The van der Waals surface area contributed by atoms with Crippen LogP contribution in [0.1, 0.15) is 11.1 Å². The smallest absolute Gasteiger partial charge is 0.228 e. The van der Waals surface area contributed by atoms with Gasteiger partial charge in [-0.25, -0.2) is 0 Å². The Labute approximate surface area is 122 Å². The van der Waals surface area contributed by atoms with Gasteiger partial charge in [-0.3, -0.25) is 4.79 Å². The van der Waals surface area contributed by atoms with Crippen LogP contribution in [-0.2, 0) is 11.2 Å². The summed E-state index contributed by atoms with van der Waals surface area (Å²) in [6.45, 7) is 0. The summed E-state index contributed by atoms with van der Waals surface area (Å²) in [6.07, 6.45) is 2.12. The van der Waals surface area contributed by atoms with Gasteiger partial charge in [0.2, 0.25) is 5.91 Å². The molecule has 0 saturated carbocycles. The molecular weight excluding hydrogens is 262 g/mol. The summed E-state index contributed by atoms with van der Waals surface area (Å²) >= 11 is 0. The molecule has 0 unspecified atom stereocenters. The zero-order chi connectivity index (χ0) is 14.7. The highest BCUT2D eigenvalue weighted by molar-refractivity contribution is 5.96. The van der Waals surface area contributed by atoms with Gasteiger partial charge in [-0.1, -0.05) is 30.3 Å². The van der Waals surface area contributed by atoms with E-state index in [-0.39, 0.29) is 12.3 Å². The van der Waals surface area contributed by atoms with Gasteiger partial charge < -0.3 is 10.3 Å². The fraction of sp³-hybridized carbons (Fsp3) is 0.0588. The molecule has 0 saturated heterocycles. The molecule has 3 aromatic rings. The molecule has 2 aromatic carbocycles. The molecule has 4 nitrogen and oxygen atoms in total. The Morgan fingerprint density at radius 3 is 2.76 bits per heavy atom. The van der Waals surface area contributed by atoms with Crippen molar-refractivity contribution in [2.75, 3.05) is 5.32 Å². The maximum atomic E-state index is 12.2. The Morgan fingerprint density at radius 2 is 1.90 bits per heavy atom. The molecule has 1 amide bonds. The Morgan fingerprint density at radius 1 is 1.14 bits per heavy atom. The third-order valence-corrected chi connectivity index (χ3v) is 3.35. The van der Waals surface area contributed by atoms with E-state index >= 15 is 0 Å². The monoisotopic (exact) mass is 275 g/mol. The lowest BCUT2D eigenvalue weighted by Crippen LogP contribution is -2.15. The van der Waals surface area contributed by atoms with Gasteiger partial charge >= 0.3 is 0 Å². The van der Waals surface area contributed by atoms with Crippen LogP contribution in [0.5, 0.6) is 0 Å². The quantitative estimate of drug-likeness (QED) is 0.770. The molecule has 0 bridgehead atoms. The standard InChI is InChI=1S/C17H13N3O/c18-10-12-5-1-3-7-15(12)20-17(21)9-13-11-19-16-8-4-2-6-14(13)16/h1-8,11,19H,9H2,(H,20,21). The zero-order valence-electron chi connectivity index (χ0n) is 11.3. The van der Waals surface area contributed by atoms with Gasteiger partial charge in [0.1, 0.15) is 6.07 Å². The van der Waals surface area contributed by atoms with Gasteiger partial charge in [-0.15, -0.1) is 0 Å². The Bertz CT molecular complexity index is 842. The number of hydrogen-bond donors (Lipinski definition) is 2. The van der Waals surface area contributed by atoms with E-state index in [4.69, 9.17) is 5.26 Å². The number of nitriles is 1. The van der Waals surface area contributed by atoms with E-state index in [0.29, 0.717) is 11.3 Å². The topological polar surface area (TPSA) is 68.7 Å². The van der Waals surface area contributed by atoms with Gasteiger partial charge in [0, 0.05) is 17.1 Å². The summed E-state index contributed by atoms with van der Waals surface area (Å²) in [5.74, 6) is -0.137. The van der Waals surface area contributed by atoms with Crippen LogP contribution in [0.15, 0.2) is 54.7 Å². The van der Waals surface area contributed by atoms with Crippen LogP contribution in [0.4, 0.5) is 5.69 Å². The van der Waals surface area contributed by atoms with Gasteiger partial charge in [0.25, 0.3) is 0 Å². The van der Waals surface area contributed by atoms with Crippen LogP contribution in [0, 0.1) is 11.3 Å². The van der Waals surface area contributed by atoms with Gasteiger partial charge in [-0.05, 0) is 23.8 Å². The summed E-state index contributed by atoms with van der Waals surface area (Å²) in [5, 5.41) is 12.9. The maximum Gasteiger partial charge on any atom is 0.228 e. The third-order valence-electron chi connectivity index (χ3n) is 3.35. The minimum absolute atomic E-state index is 0.137. The highest BCUT2D eigenvalue weighted by Crippen LogP contribution is 2.19. The lowest BCUT2D eigenvalue weighted by molar-refractivity contribution is -0.115. The van der Waals surface area contributed by atoms with Crippen LogP contribution >= 0.6 is 0 Å². The fourth-order valence-electron chi connectivity index (χ4n) is 2.33. The largest absolute Gasteiger partial charge is 0.361 e. The average molecular weight is 275 g/mol. The first-order valence-electron chi connectivity index (χ1n) is 6.62. The minimum Gasteiger partial charge on any atom is -0.361 e. The molecule has 4 heteroatoms. The summed E-state index contributed by atoms with van der Waals surface area (Å²) in [5.41, 5.74) is 2.96. The lowest BCUT2D eigenvalue weighted by Gasteiger charge is -2.06. The lowest BCUT2D eigenvalue weighted by atomic mass is 10.1. The predicted octanol–water partition coefficient (Wildman–Crippen LogP) is 3.22. The zero-order valence-corrected chi connectivity index (χ0v) is 11.3. The van der Waals surface area contributed by atoms with E-state index in [1.54, 1.807) is 24.3 Å². The van der Waals surface area contributed by atoms with Gasteiger partial charge in [0.15, 0.2) is 0 Å². The number of aromatic amines is 1. The molecule has 21 heavy (non-hydrogen) atoms. The normalized spacial score (nSPS) is 10.2. The van der Waals surface area contributed by atoms with Gasteiger partial charge in [-0.2, -0.15) is 5.26 Å². The number of nitrogens with zero attached hydrogens (tertiary/aromatic N) is 1. The Hall–Kier alpha value is -3.06. The number of fused-ring (bicyclic) bond motifs is 1. The number of hydrogen-bond acceptors (Lipinski definition) is 2. The van der Waals surface area contributed by atoms with Crippen molar-refractivity contribution >= 4 is 22.5 Å². The molecule has 0 aliphatic carbocycles. The van der Waals surface area contributed by atoms with Crippen molar-refractivity contribution < 1.29 is 4.79 Å². The van der Waals surface area contributed by atoms with Gasteiger partial charge in [0.05, 0.1) is 17.7 Å². The number of carbonyl (C=O) groups excluding carboxylic acids is 1. The summed E-state index contributed by atoms with van der Waals surface area (Å²) in [6, 6.07) is 16.9. The average Bonchev–Trinajstić information content (AvgIpc) is 2.91. The first-order chi connectivity index (χ1) is 10.3. The van der Waals surface area contributed by atoms with Crippen molar-refractivity contribution in [2.45, 2.75) is 6.42 Å². The van der Waals surface area contributed by atoms with Crippen molar-refractivity contribution in [3.05, 3.63) is 65.9 Å². The second kappa shape index (κ2) is 5.51. The van der Waals surface area contributed by atoms with E-state index < -0.39 is 0 Å². The molecule has 0 radical (unpaired) electrons. The number of nitrogens with one attached hydrogen (secondary N) is 2. The SMILES string of the molecule is N#Cc1ccccc1NC(=O)Cc1c[nH]c2ccccc12. The van der Waals surface area contributed by atoms with Crippen molar-refractivity contribution in [1.82, 2.24) is 4.98 Å². The van der Waals surface area contributed by atoms with Crippen molar-refractivity contribution in [2.24, 2.45) is 0 Å². The first-order valence-corrected chi connectivity index (χ1v) is 6.62. The van der Waals surface area contributed by atoms with E-state index in [0.717, 1.165) is 16.5 Å². The Balaban J connectivity index is 1.79. The van der Waals surface area contributed by atoms with Crippen LogP contribution in [0.2, 0.25) is 0 Å². The number of anilines is 1. The van der Waals surface area contributed by atoms with Crippen LogP contribution in [0.25, 0.3) is 10.9 Å². The number of benzene rings is 2. The van der Waals surface area contributed by atoms with Crippen molar-refractivity contribution in [3.8, 4) is 6.07 Å². The van der Waals surface area contributed by atoms with Crippen molar-refractivity contribution in [1.29, 1.82) is 5.26 Å². The molecule has 3 rings (SSSR count). The number of rotatable bonds is 3. The summed E-state index contributed by atoms with van der Waals surface area (Å²) in [4.78, 5) is 15.3.